The minimum absolute atomic E-state index is 0.0549. The van der Waals surface area contributed by atoms with Gasteiger partial charge in [-0.3, -0.25) is 4.79 Å². The molecule has 2 aromatic carbocycles. The number of benzene rings is 2. The molecule has 1 aliphatic rings. The van der Waals surface area contributed by atoms with Gasteiger partial charge in [-0.2, -0.15) is 4.31 Å². The van der Waals surface area contributed by atoms with Crippen molar-refractivity contribution in [3.8, 4) is 5.75 Å². The van der Waals surface area contributed by atoms with Gasteiger partial charge in [-0.1, -0.05) is 29.3 Å². The van der Waals surface area contributed by atoms with E-state index in [9.17, 15) is 13.2 Å². The highest BCUT2D eigenvalue weighted by atomic mass is 35.5. The number of nitrogens with zero attached hydrogens (tertiary/aromatic N) is 2. The number of fused-ring (bicyclic) bond motifs is 1. The highest BCUT2D eigenvalue weighted by molar-refractivity contribution is 7.89. The van der Waals surface area contributed by atoms with Gasteiger partial charge in [0.1, 0.15) is 18.1 Å². The van der Waals surface area contributed by atoms with Crippen LogP contribution in [0.15, 0.2) is 87.7 Å². The first-order valence-electron chi connectivity index (χ1n) is 12.1. The third kappa shape index (κ3) is 5.81. The van der Waals surface area contributed by atoms with Crippen LogP contribution in [0.5, 0.6) is 5.75 Å². The fraction of sp³-hybridized carbons (Fsp3) is 0.250. The molecule has 5 rings (SSSR count). The second kappa shape index (κ2) is 11.3. The lowest BCUT2D eigenvalue weighted by Crippen LogP contribution is -2.47. The fourth-order valence-corrected chi connectivity index (χ4v) is 6.89. The lowest BCUT2D eigenvalue weighted by molar-refractivity contribution is -0.135. The monoisotopic (exact) mass is 570 g/mol. The number of amides is 1. The Kier molecular flexibility index (Phi) is 7.90. The number of hydrogen-bond acceptors (Lipinski definition) is 6. The van der Waals surface area contributed by atoms with Crippen LogP contribution >= 0.6 is 22.9 Å². The first kappa shape index (κ1) is 26.5. The van der Waals surface area contributed by atoms with Gasteiger partial charge in [0, 0.05) is 16.4 Å². The molecular weight excluding hydrogens is 544 g/mol. The van der Waals surface area contributed by atoms with Crippen molar-refractivity contribution in [2.24, 2.45) is 0 Å². The molecule has 1 amide bonds. The number of sulfonamides is 1. The molecular formula is C28H27ClN2O5S2. The zero-order valence-corrected chi connectivity index (χ0v) is 23.1. The zero-order chi connectivity index (χ0) is 26.7. The topological polar surface area (TPSA) is 80.1 Å². The Balaban J connectivity index is 1.40. The predicted octanol–water partition coefficient (Wildman–Crippen LogP) is 5.70. The van der Waals surface area contributed by atoms with Crippen LogP contribution < -0.4 is 4.74 Å². The van der Waals surface area contributed by atoms with E-state index in [0.717, 1.165) is 21.2 Å². The molecule has 1 atom stereocenters. The third-order valence-electron chi connectivity index (χ3n) is 6.52. The first-order valence-corrected chi connectivity index (χ1v) is 14.8. The molecule has 0 N–H and O–H groups in total. The van der Waals surface area contributed by atoms with Crippen molar-refractivity contribution in [2.75, 3.05) is 19.7 Å². The predicted molar refractivity (Wildman–Crippen MR) is 147 cm³/mol. The summed E-state index contributed by atoms with van der Waals surface area (Å²) in [6.07, 6.45) is 2.19. The summed E-state index contributed by atoms with van der Waals surface area (Å²) in [6.45, 7) is 2.33. The summed E-state index contributed by atoms with van der Waals surface area (Å²) in [5, 5.41) is 2.44. The van der Waals surface area contributed by atoms with Gasteiger partial charge >= 0.3 is 0 Å². The van der Waals surface area contributed by atoms with E-state index in [0.29, 0.717) is 23.7 Å². The van der Waals surface area contributed by atoms with E-state index in [1.807, 2.05) is 42.6 Å². The van der Waals surface area contributed by atoms with Crippen LogP contribution in [0.4, 0.5) is 0 Å². The molecule has 0 radical (unpaired) electrons. The van der Waals surface area contributed by atoms with Gasteiger partial charge in [-0.25, -0.2) is 8.42 Å². The molecule has 198 valence electrons. The molecule has 7 nitrogen and oxygen atoms in total. The van der Waals surface area contributed by atoms with Crippen molar-refractivity contribution in [2.45, 2.75) is 30.8 Å². The van der Waals surface area contributed by atoms with E-state index in [-0.39, 0.29) is 36.5 Å². The number of halogens is 1. The number of thiophene rings is 1. The molecule has 3 heterocycles. The lowest BCUT2D eigenvalue weighted by atomic mass is 10.0. The standard InChI is InChI=1S/C28H27ClN2O5S2/c1-20-4-8-22(9-5-20)36-19-26-25-13-16-37-27(25)12-14-31(26)28(32)18-30(17-23-3-2-15-35-23)38(33,34)24-10-6-21(29)7-11-24/h2-11,13,15-16,26H,12,14,17-19H2,1H3/t26-/m1/s1. The summed E-state index contributed by atoms with van der Waals surface area (Å²) in [6, 6.07) is 18.7. The number of hydrogen-bond donors (Lipinski definition) is 0. The van der Waals surface area contributed by atoms with Crippen molar-refractivity contribution in [1.29, 1.82) is 0 Å². The Hall–Kier alpha value is -3.11. The molecule has 0 saturated carbocycles. The number of aryl methyl sites for hydroxylation is 1. The summed E-state index contributed by atoms with van der Waals surface area (Å²) in [4.78, 5) is 16.8. The average molecular weight is 571 g/mol. The lowest BCUT2D eigenvalue weighted by Gasteiger charge is -2.37. The number of carbonyl (C=O) groups is 1. The van der Waals surface area contributed by atoms with E-state index < -0.39 is 10.0 Å². The summed E-state index contributed by atoms with van der Waals surface area (Å²) in [5.74, 6) is 0.854. The fourth-order valence-electron chi connectivity index (χ4n) is 4.48. The van der Waals surface area contributed by atoms with Crippen molar-refractivity contribution in [1.82, 2.24) is 9.21 Å². The molecule has 10 heteroatoms. The van der Waals surface area contributed by atoms with Gasteiger partial charge in [0.2, 0.25) is 15.9 Å². The highest BCUT2D eigenvalue weighted by Gasteiger charge is 2.35. The second-order valence-corrected chi connectivity index (χ2v) is 12.5. The summed E-state index contributed by atoms with van der Waals surface area (Å²) < 4.78 is 39.9. The Bertz CT molecular complexity index is 1480. The van der Waals surface area contributed by atoms with Crippen LogP contribution in [0, 0.1) is 6.92 Å². The van der Waals surface area contributed by atoms with Gasteiger partial charge < -0.3 is 14.1 Å². The van der Waals surface area contributed by atoms with Crippen LogP contribution in [0.3, 0.4) is 0 Å². The van der Waals surface area contributed by atoms with Crippen LogP contribution in [-0.2, 0) is 27.8 Å². The molecule has 0 unspecified atom stereocenters. The summed E-state index contributed by atoms with van der Waals surface area (Å²) in [5.41, 5.74) is 2.17. The minimum atomic E-state index is -4.02. The van der Waals surface area contributed by atoms with E-state index in [1.54, 1.807) is 28.4 Å². The van der Waals surface area contributed by atoms with Crippen molar-refractivity contribution in [3.63, 3.8) is 0 Å². The SMILES string of the molecule is Cc1ccc(OC[C@@H]2c3ccsc3CCN2C(=O)CN(Cc2ccco2)S(=O)(=O)c2ccc(Cl)cc2)cc1. The molecule has 0 aliphatic carbocycles. The van der Waals surface area contributed by atoms with E-state index in [1.165, 1.54) is 35.4 Å². The van der Waals surface area contributed by atoms with E-state index in [2.05, 4.69) is 0 Å². The van der Waals surface area contributed by atoms with Gasteiger partial charge in [-0.15, -0.1) is 11.3 Å². The van der Waals surface area contributed by atoms with Gasteiger partial charge in [0.15, 0.2) is 0 Å². The zero-order valence-electron chi connectivity index (χ0n) is 20.7. The maximum absolute atomic E-state index is 13.8. The van der Waals surface area contributed by atoms with Crippen LogP contribution in [0.2, 0.25) is 5.02 Å². The maximum Gasteiger partial charge on any atom is 0.243 e. The van der Waals surface area contributed by atoms with Gasteiger partial charge in [-0.05, 0) is 78.9 Å². The molecule has 0 saturated heterocycles. The van der Waals surface area contributed by atoms with E-state index >= 15 is 0 Å². The molecule has 1 aliphatic heterocycles. The number of carbonyl (C=O) groups excluding carboxylic acids is 1. The molecule has 0 bridgehead atoms. The van der Waals surface area contributed by atoms with Crippen LogP contribution in [0.25, 0.3) is 0 Å². The first-order chi connectivity index (χ1) is 18.3. The largest absolute Gasteiger partial charge is 0.491 e. The smallest absolute Gasteiger partial charge is 0.243 e. The summed E-state index contributed by atoms with van der Waals surface area (Å²) in [7, 11) is -4.02. The molecule has 38 heavy (non-hydrogen) atoms. The molecule has 0 spiro atoms. The van der Waals surface area contributed by atoms with Crippen molar-refractivity contribution in [3.05, 3.63) is 105 Å². The van der Waals surface area contributed by atoms with Gasteiger partial charge in [0.25, 0.3) is 0 Å². The highest BCUT2D eigenvalue weighted by Crippen LogP contribution is 2.34. The Morgan fingerprint density at radius 1 is 1.13 bits per heavy atom. The number of ether oxygens (including phenoxy) is 1. The quantitative estimate of drug-likeness (QED) is 0.258. The van der Waals surface area contributed by atoms with Crippen LogP contribution in [-0.4, -0.2) is 43.2 Å². The van der Waals surface area contributed by atoms with Gasteiger partial charge in [0.05, 0.1) is 30.3 Å². The average Bonchev–Trinajstić information content (AvgIpc) is 3.60. The number of rotatable bonds is 9. The second-order valence-electron chi connectivity index (χ2n) is 9.08. The van der Waals surface area contributed by atoms with Crippen LogP contribution in [0.1, 0.15) is 27.8 Å². The third-order valence-corrected chi connectivity index (χ3v) is 9.57. The Morgan fingerprint density at radius 3 is 2.61 bits per heavy atom. The molecule has 2 aromatic heterocycles. The number of furan rings is 1. The Labute approximate surface area is 231 Å². The maximum atomic E-state index is 13.8. The molecule has 4 aromatic rings. The summed E-state index contributed by atoms with van der Waals surface area (Å²) >= 11 is 7.64. The van der Waals surface area contributed by atoms with Crippen molar-refractivity contribution < 1.29 is 22.4 Å². The van der Waals surface area contributed by atoms with Crippen molar-refractivity contribution >= 4 is 38.9 Å². The molecule has 0 fully saturated rings. The Morgan fingerprint density at radius 2 is 1.89 bits per heavy atom. The minimum Gasteiger partial charge on any atom is -0.491 e. The normalized spacial score (nSPS) is 15.4. The van der Waals surface area contributed by atoms with E-state index in [4.69, 9.17) is 20.8 Å².